The maximum atomic E-state index is 12.4. The molecule has 0 spiro atoms. The zero-order valence-electron chi connectivity index (χ0n) is 16.0. The maximum absolute atomic E-state index is 12.4. The fourth-order valence-electron chi connectivity index (χ4n) is 2.81. The summed E-state index contributed by atoms with van der Waals surface area (Å²) in [6.45, 7) is 6.60. The molecule has 2 heterocycles. The van der Waals surface area contributed by atoms with Gasteiger partial charge >= 0.3 is 5.97 Å². The zero-order chi connectivity index (χ0) is 20.3. The fraction of sp³-hybridized carbons (Fsp3) is 0.300. The van der Waals surface area contributed by atoms with Gasteiger partial charge in [-0.3, -0.25) is 4.79 Å². The number of thiophene rings is 1. The first-order valence-electron chi connectivity index (χ1n) is 9.08. The lowest BCUT2D eigenvalue weighted by Crippen LogP contribution is -2.24. The van der Waals surface area contributed by atoms with Crippen LogP contribution in [0, 0.1) is 6.92 Å². The van der Waals surface area contributed by atoms with Gasteiger partial charge in [-0.15, -0.1) is 11.3 Å². The van der Waals surface area contributed by atoms with Crippen molar-refractivity contribution < 1.29 is 14.3 Å². The molecular formula is C20H22N4O3S. The van der Waals surface area contributed by atoms with E-state index in [1.165, 1.54) is 11.3 Å². The molecule has 0 fully saturated rings. The van der Waals surface area contributed by atoms with Gasteiger partial charge in [-0.1, -0.05) is 13.0 Å². The van der Waals surface area contributed by atoms with Crippen molar-refractivity contribution in [1.29, 1.82) is 0 Å². The number of nitrogen functional groups attached to an aromatic ring is 1. The van der Waals surface area contributed by atoms with Crippen LogP contribution in [0.2, 0.25) is 0 Å². The highest BCUT2D eigenvalue weighted by atomic mass is 32.1. The number of aromatic nitrogens is 2. The standard InChI is InChI=1S/C20H22N4O3S/c1-4-8-22-17(25)12-7-6-11(3)13(9-12)16-14-10-15(19(26)27-5-2)28-18(14)24-20(21)23-16/h6-7,9-10H,4-5,8H2,1-3H3,(H,22,25)(H2,21,23,24). The zero-order valence-corrected chi connectivity index (χ0v) is 16.9. The molecule has 146 valence electrons. The van der Waals surface area contributed by atoms with Crippen molar-refractivity contribution in [3.63, 3.8) is 0 Å². The number of nitrogens with zero attached hydrogens (tertiary/aromatic N) is 2. The number of esters is 1. The number of amides is 1. The number of ether oxygens (including phenoxy) is 1. The Morgan fingerprint density at radius 3 is 2.71 bits per heavy atom. The Morgan fingerprint density at radius 1 is 1.21 bits per heavy atom. The van der Waals surface area contributed by atoms with Gasteiger partial charge in [0, 0.05) is 23.1 Å². The topological polar surface area (TPSA) is 107 Å². The van der Waals surface area contributed by atoms with E-state index in [-0.39, 0.29) is 11.9 Å². The first-order chi connectivity index (χ1) is 13.4. The molecule has 0 unspecified atom stereocenters. The summed E-state index contributed by atoms with van der Waals surface area (Å²) in [6, 6.07) is 7.17. The van der Waals surface area contributed by atoms with E-state index < -0.39 is 5.97 Å². The largest absolute Gasteiger partial charge is 0.462 e. The van der Waals surface area contributed by atoms with E-state index in [0.717, 1.165) is 17.5 Å². The third-order valence-corrected chi connectivity index (χ3v) is 5.19. The molecule has 1 amide bonds. The number of aryl methyl sites for hydroxylation is 1. The van der Waals surface area contributed by atoms with Crippen LogP contribution in [0.3, 0.4) is 0 Å². The average Bonchev–Trinajstić information content (AvgIpc) is 3.10. The number of carbonyl (C=O) groups excluding carboxylic acids is 2. The van der Waals surface area contributed by atoms with Crippen LogP contribution in [0.5, 0.6) is 0 Å². The number of hydrogen-bond acceptors (Lipinski definition) is 7. The number of rotatable bonds is 6. The summed E-state index contributed by atoms with van der Waals surface area (Å²) in [5.74, 6) is -0.432. The number of anilines is 1. The first kappa shape index (κ1) is 19.8. The number of nitrogens with two attached hydrogens (primary N) is 1. The van der Waals surface area contributed by atoms with Crippen molar-refractivity contribution in [1.82, 2.24) is 15.3 Å². The molecule has 0 radical (unpaired) electrons. The van der Waals surface area contributed by atoms with Crippen LogP contribution in [0.4, 0.5) is 5.95 Å². The normalized spacial score (nSPS) is 10.8. The molecule has 28 heavy (non-hydrogen) atoms. The van der Waals surface area contributed by atoms with Crippen LogP contribution >= 0.6 is 11.3 Å². The highest BCUT2D eigenvalue weighted by Crippen LogP contribution is 2.34. The second kappa shape index (κ2) is 8.35. The van der Waals surface area contributed by atoms with Gasteiger partial charge in [0.15, 0.2) is 0 Å². The van der Waals surface area contributed by atoms with Gasteiger partial charge in [0.05, 0.1) is 12.3 Å². The Kier molecular flexibility index (Phi) is 5.89. The van der Waals surface area contributed by atoms with Crippen LogP contribution in [0.15, 0.2) is 24.3 Å². The van der Waals surface area contributed by atoms with Crippen molar-refractivity contribution in [3.8, 4) is 11.3 Å². The molecule has 2 aromatic heterocycles. The van der Waals surface area contributed by atoms with Gasteiger partial charge in [-0.05, 0) is 44.0 Å². The minimum atomic E-state index is -0.403. The van der Waals surface area contributed by atoms with Crippen molar-refractivity contribution in [2.24, 2.45) is 0 Å². The summed E-state index contributed by atoms with van der Waals surface area (Å²) in [6.07, 6.45) is 0.860. The van der Waals surface area contributed by atoms with Crippen LogP contribution in [0.25, 0.3) is 21.5 Å². The van der Waals surface area contributed by atoms with Gasteiger partial charge in [0.2, 0.25) is 5.95 Å². The molecule has 0 atom stereocenters. The second-order valence-electron chi connectivity index (χ2n) is 6.27. The number of nitrogens with one attached hydrogen (secondary N) is 1. The van der Waals surface area contributed by atoms with E-state index in [0.29, 0.717) is 39.5 Å². The predicted octanol–water partition coefficient (Wildman–Crippen LogP) is 3.57. The van der Waals surface area contributed by atoms with Crippen LogP contribution in [-0.4, -0.2) is 35.0 Å². The number of benzene rings is 1. The smallest absolute Gasteiger partial charge is 0.348 e. The van der Waals surface area contributed by atoms with Gasteiger partial charge < -0.3 is 15.8 Å². The van der Waals surface area contributed by atoms with E-state index in [1.54, 1.807) is 25.1 Å². The predicted molar refractivity (Wildman–Crippen MR) is 111 cm³/mol. The minimum absolute atomic E-state index is 0.111. The molecule has 0 aliphatic rings. The molecule has 0 saturated heterocycles. The molecule has 0 aliphatic carbocycles. The molecule has 0 aliphatic heterocycles. The van der Waals surface area contributed by atoms with Crippen molar-refractivity contribution >= 4 is 39.4 Å². The third kappa shape index (κ3) is 3.96. The Labute approximate surface area is 166 Å². The van der Waals surface area contributed by atoms with Crippen LogP contribution in [-0.2, 0) is 4.74 Å². The van der Waals surface area contributed by atoms with Gasteiger partial charge in [0.1, 0.15) is 9.71 Å². The van der Waals surface area contributed by atoms with Crippen molar-refractivity contribution in [3.05, 3.63) is 40.3 Å². The van der Waals surface area contributed by atoms with Gasteiger partial charge in [-0.25, -0.2) is 14.8 Å². The molecular weight excluding hydrogens is 376 g/mol. The molecule has 7 nitrogen and oxygen atoms in total. The monoisotopic (exact) mass is 398 g/mol. The minimum Gasteiger partial charge on any atom is -0.462 e. The van der Waals surface area contributed by atoms with E-state index >= 15 is 0 Å². The Morgan fingerprint density at radius 2 is 2.00 bits per heavy atom. The first-order valence-corrected chi connectivity index (χ1v) is 9.89. The summed E-state index contributed by atoms with van der Waals surface area (Å²) in [4.78, 5) is 34.2. The summed E-state index contributed by atoms with van der Waals surface area (Å²) < 4.78 is 5.08. The van der Waals surface area contributed by atoms with Gasteiger partial charge in [0.25, 0.3) is 5.91 Å². The van der Waals surface area contributed by atoms with Crippen LogP contribution in [0.1, 0.15) is 45.9 Å². The Balaban J connectivity index is 2.12. The van der Waals surface area contributed by atoms with Crippen molar-refractivity contribution in [2.45, 2.75) is 27.2 Å². The van der Waals surface area contributed by atoms with Gasteiger partial charge in [-0.2, -0.15) is 0 Å². The average molecular weight is 398 g/mol. The van der Waals surface area contributed by atoms with E-state index in [1.807, 2.05) is 19.9 Å². The lowest BCUT2D eigenvalue weighted by Gasteiger charge is -2.10. The summed E-state index contributed by atoms with van der Waals surface area (Å²) >= 11 is 1.21. The molecule has 8 heteroatoms. The molecule has 3 rings (SSSR count). The van der Waals surface area contributed by atoms with E-state index in [4.69, 9.17) is 10.5 Å². The summed E-state index contributed by atoms with van der Waals surface area (Å²) in [7, 11) is 0. The lowest BCUT2D eigenvalue weighted by atomic mass is 10.00. The number of fused-ring (bicyclic) bond motifs is 1. The van der Waals surface area contributed by atoms with E-state index in [9.17, 15) is 9.59 Å². The SMILES string of the molecule is CCCNC(=O)c1ccc(C)c(-c2nc(N)nc3sc(C(=O)OCC)cc23)c1. The molecule has 1 aromatic carbocycles. The second-order valence-corrected chi connectivity index (χ2v) is 7.30. The number of carbonyl (C=O) groups is 2. The molecule has 0 bridgehead atoms. The van der Waals surface area contributed by atoms with Crippen LogP contribution < -0.4 is 11.1 Å². The lowest BCUT2D eigenvalue weighted by molar-refractivity contribution is 0.0532. The Hall–Kier alpha value is -3.00. The fourth-order valence-corrected chi connectivity index (χ4v) is 3.74. The quantitative estimate of drug-likeness (QED) is 0.615. The highest BCUT2D eigenvalue weighted by molar-refractivity contribution is 7.20. The summed E-state index contributed by atoms with van der Waals surface area (Å²) in [5.41, 5.74) is 8.76. The molecule has 3 aromatic rings. The van der Waals surface area contributed by atoms with Crippen molar-refractivity contribution in [2.75, 3.05) is 18.9 Å². The Bertz CT molecular complexity index is 1050. The highest BCUT2D eigenvalue weighted by Gasteiger charge is 2.19. The summed E-state index contributed by atoms with van der Waals surface area (Å²) in [5, 5.41) is 3.58. The third-order valence-electron chi connectivity index (χ3n) is 4.18. The van der Waals surface area contributed by atoms with E-state index in [2.05, 4.69) is 15.3 Å². The molecule has 3 N–H and O–H groups in total. The molecule has 0 saturated carbocycles. The number of hydrogen-bond donors (Lipinski definition) is 2. The maximum Gasteiger partial charge on any atom is 0.348 e.